The van der Waals surface area contributed by atoms with Gasteiger partial charge in [0.15, 0.2) is 0 Å². The second-order valence-corrected chi connectivity index (χ2v) is 7.49. The lowest BCUT2D eigenvalue weighted by Gasteiger charge is -2.32. The Balaban J connectivity index is 1.96. The molecule has 1 aromatic carbocycles. The van der Waals surface area contributed by atoms with Crippen molar-refractivity contribution in [3.05, 3.63) is 35.6 Å². The summed E-state index contributed by atoms with van der Waals surface area (Å²) in [6.45, 7) is 2.53. The number of morpholine rings is 1. The molecule has 0 radical (unpaired) electrons. The molecule has 0 aromatic heterocycles. The highest BCUT2D eigenvalue weighted by Crippen LogP contribution is 2.13. The zero-order chi connectivity index (χ0) is 15.5. The number of rotatable bonds is 5. The molecule has 2 rings (SSSR count). The molecule has 5 nitrogen and oxygen atoms in total. The third-order valence-corrected chi connectivity index (χ3v) is 5.34. The molecule has 0 N–H and O–H groups in total. The molecule has 21 heavy (non-hydrogen) atoms. The van der Waals surface area contributed by atoms with Crippen molar-refractivity contribution in [3.63, 3.8) is 0 Å². The highest BCUT2D eigenvalue weighted by Gasteiger charge is 2.25. The van der Waals surface area contributed by atoms with Gasteiger partial charge in [-0.25, -0.2) is 17.1 Å². The number of likely N-dealkylation sites (N-methyl/N-ethyl adjacent to an activating group) is 2. The van der Waals surface area contributed by atoms with Gasteiger partial charge >= 0.3 is 0 Å². The predicted octanol–water partition coefficient (Wildman–Crippen LogP) is 0.918. The fourth-order valence-electron chi connectivity index (χ4n) is 2.28. The van der Waals surface area contributed by atoms with E-state index in [9.17, 15) is 12.8 Å². The molecule has 1 saturated heterocycles. The maximum atomic E-state index is 12.8. The standard InChI is InChI=1S/C14H21FN2O3S/c1-16-7-8-20-14(9-16)10-17(2)21(18,19)11-12-3-5-13(15)6-4-12/h3-6,14H,7-11H2,1-2H3. The monoisotopic (exact) mass is 316 g/mol. The van der Waals surface area contributed by atoms with E-state index in [1.807, 2.05) is 7.05 Å². The molecule has 1 fully saturated rings. The van der Waals surface area contributed by atoms with Crippen molar-refractivity contribution in [2.45, 2.75) is 11.9 Å². The smallest absolute Gasteiger partial charge is 0.218 e. The number of halogens is 1. The van der Waals surface area contributed by atoms with Crippen LogP contribution in [-0.2, 0) is 20.5 Å². The Hall–Kier alpha value is -1.02. The number of benzene rings is 1. The molecule has 0 saturated carbocycles. The minimum atomic E-state index is -3.43. The van der Waals surface area contributed by atoms with Crippen molar-refractivity contribution < 1.29 is 17.5 Å². The van der Waals surface area contributed by atoms with Crippen LogP contribution in [0.1, 0.15) is 5.56 Å². The number of sulfonamides is 1. The molecular weight excluding hydrogens is 295 g/mol. The van der Waals surface area contributed by atoms with Gasteiger partial charge < -0.3 is 9.64 Å². The number of hydrogen-bond donors (Lipinski definition) is 0. The summed E-state index contributed by atoms with van der Waals surface area (Å²) < 4.78 is 44.4. The summed E-state index contributed by atoms with van der Waals surface area (Å²) in [4.78, 5) is 2.12. The van der Waals surface area contributed by atoms with Crippen molar-refractivity contribution in [1.82, 2.24) is 9.21 Å². The third-order valence-electron chi connectivity index (χ3n) is 3.54. The predicted molar refractivity (Wildman–Crippen MR) is 78.9 cm³/mol. The van der Waals surface area contributed by atoms with E-state index in [1.165, 1.54) is 28.6 Å². The van der Waals surface area contributed by atoms with Crippen molar-refractivity contribution in [2.24, 2.45) is 0 Å². The summed E-state index contributed by atoms with van der Waals surface area (Å²) >= 11 is 0. The minimum absolute atomic E-state index is 0.114. The van der Waals surface area contributed by atoms with Crippen LogP contribution in [0.3, 0.4) is 0 Å². The Morgan fingerprint density at radius 3 is 2.67 bits per heavy atom. The first kappa shape index (κ1) is 16.4. The number of nitrogens with zero attached hydrogens (tertiary/aromatic N) is 2. The van der Waals surface area contributed by atoms with Crippen molar-refractivity contribution in [1.29, 1.82) is 0 Å². The minimum Gasteiger partial charge on any atom is -0.374 e. The average Bonchev–Trinajstić information content (AvgIpc) is 2.41. The molecule has 0 aliphatic carbocycles. The summed E-state index contributed by atoms with van der Waals surface area (Å²) in [5, 5.41) is 0. The molecule has 1 aliphatic heterocycles. The highest BCUT2D eigenvalue weighted by molar-refractivity contribution is 7.88. The van der Waals surface area contributed by atoms with E-state index in [-0.39, 0.29) is 17.7 Å². The Bertz CT molecular complexity index is 562. The molecule has 1 atom stereocenters. The van der Waals surface area contributed by atoms with E-state index in [4.69, 9.17) is 4.74 Å². The Morgan fingerprint density at radius 1 is 1.38 bits per heavy atom. The van der Waals surface area contributed by atoms with Crippen LogP contribution < -0.4 is 0 Å². The topological polar surface area (TPSA) is 49.9 Å². The Labute approximate surface area is 125 Å². The van der Waals surface area contributed by atoms with Gasteiger partial charge in [-0.3, -0.25) is 0 Å². The zero-order valence-electron chi connectivity index (χ0n) is 12.3. The van der Waals surface area contributed by atoms with Crippen molar-refractivity contribution >= 4 is 10.0 Å². The van der Waals surface area contributed by atoms with Crippen LogP contribution in [0.2, 0.25) is 0 Å². The fourth-order valence-corrected chi connectivity index (χ4v) is 3.51. The molecular formula is C14H21FN2O3S. The normalized spacial score (nSPS) is 20.9. The third kappa shape index (κ3) is 4.74. The second-order valence-electron chi connectivity index (χ2n) is 5.42. The summed E-state index contributed by atoms with van der Waals surface area (Å²) in [5.41, 5.74) is 0.574. The van der Waals surface area contributed by atoms with Gasteiger partial charge in [-0.15, -0.1) is 0 Å². The fraction of sp³-hybridized carbons (Fsp3) is 0.571. The van der Waals surface area contributed by atoms with Gasteiger partial charge in [-0.2, -0.15) is 0 Å². The summed E-state index contributed by atoms with van der Waals surface area (Å²) in [6.07, 6.45) is -0.114. The molecule has 118 valence electrons. The first-order chi connectivity index (χ1) is 9.87. The van der Waals surface area contributed by atoms with Crippen LogP contribution >= 0.6 is 0 Å². The van der Waals surface area contributed by atoms with Crippen LogP contribution in [0, 0.1) is 5.82 Å². The SMILES string of the molecule is CN1CCOC(CN(C)S(=O)(=O)Cc2ccc(F)cc2)C1. The lowest BCUT2D eigenvalue weighted by atomic mass is 10.2. The van der Waals surface area contributed by atoms with Gasteiger partial charge in [0, 0.05) is 26.7 Å². The van der Waals surface area contributed by atoms with E-state index < -0.39 is 10.0 Å². The van der Waals surface area contributed by atoms with Gasteiger partial charge in [-0.05, 0) is 24.7 Å². The van der Waals surface area contributed by atoms with Crippen LogP contribution in [0.5, 0.6) is 0 Å². The molecule has 1 aromatic rings. The molecule has 0 bridgehead atoms. The van der Waals surface area contributed by atoms with Gasteiger partial charge in [0.25, 0.3) is 0 Å². The molecule has 1 aliphatic rings. The van der Waals surface area contributed by atoms with E-state index >= 15 is 0 Å². The van der Waals surface area contributed by atoms with E-state index in [0.29, 0.717) is 18.7 Å². The van der Waals surface area contributed by atoms with E-state index in [1.54, 1.807) is 7.05 Å². The molecule has 0 amide bonds. The first-order valence-electron chi connectivity index (χ1n) is 6.85. The lowest BCUT2D eigenvalue weighted by molar-refractivity contribution is -0.0247. The molecule has 1 unspecified atom stereocenters. The second kappa shape index (κ2) is 6.83. The summed E-state index contributed by atoms with van der Waals surface area (Å²) in [7, 11) is 0.110. The van der Waals surface area contributed by atoms with Gasteiger partial charge in [0.05, 0.1) is 18.5 Å². The number of ether oxygens (including phenoxy) is 1. The summed E-state index contributed by atoms with van der Waals surface area (Å²) in [6, 6.07) is 5.52. The van der Waals surface area contributed by atoms with Gasteiger partial charge in [-0.1, -0.05) is 12.1 Å². The van der Waals surface area contributed by atoms with Crippen molar-refractivity contribution in [3.8, 4) is 0 Å². The van der Waals surface area contributed by atoms with Crippen LogP contribution in [0.15, 0.2) is 24.3 Å². The van der Waals surface area contributed by atoms with Gasteiger partial charge in [0.2, 0.25) is 10.0 Å². The zero-order valence-corrected chi connectivity index (χ0v) is 13.1. The van der Waals surface area contributed by atoms with E-state index in [0.717, 1.165) is 13.1 Å². The average molecular weight is 316 g/mol. The molecule has 7 heteroatoms. The van der Waals surface area contributed by atoms with E-state index in [2.05, 4.69) is 4.90 Å². The number of hydrogen-bond acceptors (Lipinski definition) is 4. The highest BCUT2D eigenvalue weighted by atomic mass is 32.2. The first-order valence-corrected chi connectivity index (χ1v) is 8.46. The quantitative estimate of drug-likeness (QED) is 0.810. The Kier molecular flexibility index (Phi) is 5.32. The lowest BCUT2D eigenvalue weighted by Crippen LogP contribution is -2.46. The van der Waals surface area contributed by atoms with Crippen LogP contribution in [0.4, 0.5) is 4.39 Å². The van der Waals surface area contributed by atoms with Crippen molar-refractivity contribution in [2.75, 3.05) is 40.3 Å². The summed E-state index contributed by atoms with van der Waals surface area (Å²) in [5.74, 6) is -0.505. The Morgan fingerprint density at radius 2 is 2.05 bits per heavy atom. The molecule has 0 spiro atoms. The maximum absolute atomic E-state index is 12.8. The largest absolute Gasteiger partial charge is 0.374 e. The van der Waals surface area contributed by atoms with Crippen LogP contribution in [-0.4, -0.2) is 64.1 Å². The van der Waals surface area contributed by atoms with Crippen LogP contribution in [0.25, 0.3) is 0 Å². The molecule has 1 heterocycles. The maximum Gasteiger partial charge on any atom is 0.218 e. The van der Waals surface area contributed by atoms with Gasteiger partial charge in [0.1, 0.15) is 5.82 Å².